The molecule has 0 amide bonds. The van der Waals surface area contributed by atoms with E-state index in [1.807, 2.05) is 0 Å². The van der Waals surface area contributed by atoms with Gasteiger partial charge in [-0.1, -0.05) is 0 Å². The van der Waals surface area contributed by atoms with Crippen LogP contribution in [0.5, 0.6) is 0 Å². The summed E-state index contributed by atoms with van der Waals surface area (Å²) in [5.74, 6) is 0.859. The second-order valence-corrected chi connectivity index (χ2v) is 4.25. The molecule has 12 heavy (non-hydrogen) atoms. The third-order valence-corrected chi connectivity index (χ3v) is 3.24. The van der Waals surface area contributed by atoms with Gasteiger partial charge in [0.2, 0.25) is 0 Å². The first-order valence-electron chi connectivity index (χ1n) is 5.05. The molecule has 1 saturated heterocycles. The molecule has 2 heteroatoms. The number of nitrogens with zero attached hydrogens (tertiary/aromatic N) is 1. The van der Waals surface area contributed by atoms with Crippen LogP contribution >= 0.6 is 0 Å². The third kappa shape index (κ3) is 2.20. The minimum atomic E-state index is 0.667. The SMILES string of the molecule is CC(C)N(C)C(C)C1CCNC1. The second-order valence-electron chi connectivity index (χ2n) is 4.25. The summed E-state index contributed by atoms with van der Waals surface area (Å²) in [4.78, 5) is 2.47. The van der Waals surface area contributed by atoms with Crippen molar-refractivity contribution in [3.8, 4) is 0 Å². The minimum absolute atomic E-state index is 0.667. The molecule has 0 aliphatic carbocycles. The van der Waals surface area contributed by atoms with Crippen LogP contribution in [-0.4, -0.2) is 37.1 Å². The van der Waals surface area contributed by atoms with Gasteiger partial charge in [0.1, 0.15) is 0 Å². The van der Waals surface area contributed by atoms with Crippen LogP contribution in [0.1, 0.15) is 27.2 Å². The number of hydrogen-bond acceptors (Lipinski definition) is 2. The summed E-state index contributed by atoms with van der Waals surface area (Å²) in [6.07, 6.45) is 1.35. The molecule has 0 spiro atoms. The lowest BCUT2D eigenvalue weighted by Crippen LogP contribution is -2.40. The summed E-state index contributed by atoms with van der Waals surface area (Å²) >= 11 is 0. The van der Waals surface area contributed by atoms with E-state index in [0.29, 0.717) is 6.04 Å². The Morgan fingerprint density at radius 3 is 2.42 bits per heavy atom. The van der Waals surface area contributed by atoms with Crippen LogP contribution in [0.3, 0.4) is 0 Å². The van der Waals surface area contributed by atoms with Crippen LogP contribution in [0, 0.1) is 5.92 Å². The molecule has 1 rings (SSSR count). The van der Waals surface area contributed by atoms with Gasteiger partial charge in [0.25, 0.3) is 0 Å². The fourth-order valence-corrected chi connectivity index (χ4v) is 1.89. The van der Waals surface area contributed by atoms with Gasteiger partial charge >= 0.3 is 0 Å². The summed E-state index contributed by atoms with van der Waals surface area (Å²) in [5.41, 5.74) is 0. The highest BCUT2D eigenvalue weighted by molar-refractivity contribution is 4.81. The van der Waals surface area contributed by atoms with Crippen molar-refractivity contribution in [1.82, 2.24) is 10.2 Å². The monoisotopic (exact) mass is 170 g/mol. The first-order valence-corrected chi connectivity index (χ1v) is 5.05. The highest BCUT2D eigenvalue weighted by Crippen LogP contribution is 2.18. The highest BCUT2D eigenvalue weighted by atomic mass is 15.2. The van der Waals surface area contributed by atoms with Gasteiger partial charge in [-0.3, -0.25) is 0 Å². The van der Waals surface area contributed by atoms with Crippen LogP contribution < -0.4 is 5.32 Å². The van der Waals surface area contributed by atoms with E-state index in [-0.39, 0.29) is 0 Å². The number of hydrogen-bond donors (Lipinski definition) is 1. The zero-order valence-electron chi connectivity index (χ0n) is 8.80. The lowest BCUT2D eigenvalue weighted by atomic mass is 9.98. The first-order chi connectivity index (χ1) is 5.63. The van der Waals surface area contributed by atoms with E-state index >= 15 is 0 Å². The third-order valence-electron chi connectivity index (χ3n) is 3.24. The molecule has 2 unspecified atom stereocenters. The number of rotatable bonds is 3. The molecule has 0 bridgehead atoms. The average molecular weight is 170 g/mol. The van der Waals surface area contributed by atoms with Gasteiger partial charge in [0.05, 0.1) is 0 Å². The first kappa shape index (κ1) is 10.0. The van der Waals surface area contributed by atoms with Gasteiger partial charge in [-0.15, -0.1) is 0 Å². The van der Waals surface area contributed by atoms with Gasteiger partial charge < -0.3 is 10.2 Å². The number of nitrogens with one attached hydrogen (secondary N) is 1. The lowest BCUT2D eigenvalue weighted by molar-refractivity contribution is 0.160. The van der Waals surface area contributed by atoms with Crippen molar-refractivity contribution in [2.24, 2.45) is 5.92 Å². The Morgan fingerprint density at radius 1 is 1.33 bits per heavy atom. The molecule has 0 saturated carbocycles. The van der Waals surface area contributed by atoms with Crippen LogP contribution in [0.25, 0.3) is 0 Å². The van der Waals surface area contributed by atoms with E-state index in [1.165, 1.54) is 19.5 Å². The maximum Gasteiger partial charge on any atom is 0.0107 e. The molecule has 2 atom stereocenters. The Morgan fingerprint density at radius 2 is 2.00 bits per heavy atom. The summed E-state index contributed by atoms with van der Waals surface area (Å²) in [6.45, 7) is 9.29. The van der Waals surface area contributed by atoms with Crippen molar-refractivity contribution in [1.29, 1.82) is 0 Å². The van der Waals surface area contributed by atoms with Crippen molar-refractivity contribution in [3.63, 3.8) is 0 Å². The van der Waals surface area contributed by atoms with Crippen molar-refractivity contribution < 1.29 is 0 Å². The second kappa shape index (κ2) is 4.24. The molecule has 72 valence electrons. The van der Waals surface area contributed by atoms with Gasteiger partial charge in [0, 0.05) is 12.1 Å². The topological polar surface area (TPSA) is 15.3 Å². The Hall–Kier alpha value is -0.0800. The molecular formula is C10H22N2. The summed E-state index contributed by atoms with van der Waals surface area (Å²) in [7, 11) is 2.23. The van der Waals surface area contributed by atoms with E-state index in [2.05, 4.69) is 38.0 Å². The largest absolute Gasteiger partial charge is 0.316 e. The predicted octanol–water partition coefficient (Wildman–Crippen LogP) is 1.32. The minimum Gasteiger partial charge on any atom is -0.316 e. The molecule has 0 aromatic rings. The predicted molar refractivity (Wildman–Crippen MR) is 53.3 cm³/mol. The lowest BCUT2D eigenvalue weighted by Gasteiger charge is -2.32. The molecular weight excluding hydrogens is 148 g/mol. The summed E-state index contributed by atoms with van der Waals surface area (Å²) < 4.78 is 0. The molecule has 0 aromatic heterocycles. The van der Waals surface area contributed by atoms with Crippen molar-refractivity contribution in [2.75, 3.05) is 20.1 Å². The van der Waals surface area contributed by atoms with Crippen LogP contribution in [-0.2, 0) is 0 Å². The molecule has 2 nitrogen and oxygen atoms in total. The Balaban J connectivity index is 2.39. The van der Waals surface area contributed by atoms with Crippen LogP contribution in [0.2, 0.25) is 0 Å². The molecule has 0 aromatic carbocycles. The van der Waals surface area contributed by atoms with E-state index in [0.717, 1.165) is 12.0 Å². The molecule has 0 radical (unpaired) electrons. The zero-order valence-corrected chi connectivity index (χ0v) is 8.80. The Labute approximate surface area is 76.3 Å². The smallest absolute Gasteiger partial charge is 0.0107 e. The van der Waals surface area contributed by atoms with E-state index in [4.69, 9.17) is 0 Å². The maximum absolute atomic E-state index is 3.42. The van der Waals surface area contributed by atoms with Crippen LogP contribution in [0.4, 0.5) is 0 Å². The molecule has 1 fully saturated rings. The van der Waals surface area contributed by atoms with Gasteiger partial charge in [0.15, 0.2) is 0 Å². The maximum atomic E-state index is 3.42. The molecule has 1 N–H and O–H groups in total. The zero-order chi connectivity index (χ0) is 9.14. The van der Waals surface area contributed by atoms with Crippen molar-refractivity contribution in [2.45, 2.75) is 39.3 Å². The van der Waals surface area contributed by atoms with Crippen LogP contribution in [0.15, 0.2) is 0 Å². The Bertz CT molecular complexity index is 126. The van der Waals surface area contributed by atoms with E-state index < -0.39 is 0 Å². The molecule has 1 heterocycles. The van der Waals surface area contributed by atoms with Crippen molar-refractivity contribution >= 4 is 0 Å². The molecule has 1 aliphatic rings. The standard InChI is InChI=1S/C10H22N2/c1-8(2)12(4)9(3)10-5-6-11-7-10/h8-11H,5-7H2,1-4H3. The van der Waals surface area contributed by atoms with Gasteiger partial charge in [-0.25, -0.2) is 0 Å². The quantitative estimate of drug-likeness (QED) is 0.687. The highest BCUT2D eigenvalue weighted by Gasteiger charge is 2.24. The molecule has 1 aliphatic heterocycles. The fraction of sp³-hybridized carbons (Fsp3) is 1.00. The summed E-state index contributed by atoms with van der Waals surface area (Å²) in [6, 6.07) is 1.39. The Kier molecular flexibility index (Phi) is 3.53. The summed E-state index contributed by atoms with van der Waals surface area (Å²) in [5, 5.41) is 3.42. The van der Waals surface area contributed by atoms with Crippen molar-refractivity contribution in [3.05, 3.63) is 0 Å². The van der Waals surface area contributed by atoms with Gasteiger partial charge in [-0.2, -0.15) is 0 Å². The van der Waals surface area contributed by atoms with Gasteiger partial charge in [-0.05, 0) is 53.2 Å². The van der Waals surface area contributed by atoms with E-state index in [9.17, 15) is 0 Å². The van der Waals surface area contributed by atoms with E-state index in [1.54, 1.807) is 0 Å². The average Bonchev–Trinajstić information content (AvgIpc) is 2.53. The fourth-order valence-electron chi connectivity index (χ4n) is 1.89. The normalized spacial score (nSPS) is 27.0.